The monoisotopic (exact) mass is 384 g/mol. The predicted molar refractivity (Wildman–Crippen MR) is 106 cm³/mol. The topological polar surface area (TPSA) is 51.2 Å². The van der Waals surface area contributed by atoms with E-state index in [1.165, 1.54) is 11.3 Å². The molecule has 0 radical (unpaired) electrons. The van der Waals surface area contributed by atoms with Gasteiger partial charge in [-0.15, -0.1) is 17.9 Å². The molecule has 1 aromatic heterocycles. The number of hydrogen-bond donors (Lipinski definition) is 1. The van der Waals surface area contributed by atoms with E-state index in [-0.39, 0.29) is 5.91 Å². The maximum Gasteiger partial charge on any atom is 0.271 e. The van der Waals surface area contributed by atoms with Crippen LogP contribution >= 0.6 is 22.9 Å². The average Bonchev–Trinajstić information content (AvgIpc) is 3.15. The van der Waals surface area contributed by atoms with E-state index in [0.29, 0.717) is 23.9 Å². The Morgan fingerprint density at radius 1 is 1.27 bits per heavy atom. The number of aromatic nitrogens is 1. The third kappa shape index (κ3) is 4.71. The number of ether oxygens (including phenoxy) is 1. The summed E-state index contributed by atoms with van der Waals surface area (Å²) < 4.78 is 5.78. The van der Waals surface area contributed by atoms with Gasteiger partial charge in [-0.1, -0.05) is 29.8 Å². The molecule has 0 saturated carbocycles. The van der Waals surface area contributed by atoms with E-state index in [9.17, 15) is 4.79 Å². The molecule has 2 aromatic carbocycles. The van der Waals surface area contributed by atoms with E-state index in [2.05, 4.69) is 16.9 Å². The Labute approximate surface area is 161 Å². The molecule has 1 amide bonds. The van der Waals surface area contributed by atoms with Gasteiger partial charge < -0.3 is 10.1 Å². The maximum atomic E-state index is 11.9. The van der Waals surface area contributed by atoms with Crippen LogP contribution in [-0.4, -0.2) is 17.4 Å². The fraction of sp³-hybridized carbons (Fsp3) is 0.100. The van der Waals surface area contributed by atoms with Gasteiger partial charge in [0.05, 0.1) is 0 Å². The number of halogens is 1. The van der Waals surface area contributed by atoms with E-state index in [1.807, 2.05) is 48.5 Å². The second-order valence-electron chi connectivity index (χ2n) is 5.48. The molecule has 4 nitrogen and oxygen atoms in total. The van der Waals surface area contributed by atoms with Crippen molar-refractivity contribution in [2.24, 2.45) is 0 Å². The molecule has 1 heterocycles. The highest BCUT2D eigenvalue weighted by Gasteiger charge is 2.11. The first-order chi connectivity index (χ1) is 12.7. The van der Waals surface area contributed by atoms with Crippen molar-refractivity contribution in [2.75, 3.05) is 6.54 Å². The maximum absolute atomic E-state index is 11.9. The van der Waals surface area contributed by atoms with Crippen LogP contribution in [0.25, 0.3) is 10.6 Å². The van der Waals surface area contributed by atoms with Crippen molar-refractivity contribution in [2.45, 2.75) is 6.61 Å². The summed E-state index contributed by atoms with van der Waals surface area (Å²) in [6.07, 6.45) is 1.63. The molecule has 0 bridgehead atoms. The van der Waals surface area contributed by atoms with Gasteiger partial charge in [-0.05, 0) is 42.0 Å². The van der Waals surface area contributed by atoms with Gasteiger partial charge >= 0.3 is 0 Å². The summed E-state index contributed by atoms with van der Waals surface area (Å²) in [5.41, 5.74) is 2.36. The summed E-state index contributed by atoms with van der Waals surface area (Å²) in [5.74, 6) is 0.558. The molecular weight excluding hydrogens is 368 g/mol. The SMILES string of the molecule is C=CCNC(=O)c1csc(-c2ccc(OCc3cccc(Cl)c3)cc2)n1. The predicted octanol–water partition coefficient (Wildman–Crippen LogP) is 4.96. The molecular formula is C20H17ClN2O2S. The van der Waals surface area contributed by atoms with E-state index in [0.717, 1.165) is 21.9 Å². The highest BCUT2D eigenvalue weighted by atomic mass is 35.5. The summed E-state index contributed by atoms with van der Waals surface area (Å²) in [6.45, 7) is 4.45. The van der Waals surface area contributed by atoms with Crippen LogP contribution in [0.5, 0.6) is 5.75 Å². The Balaban J connectivity index is 1.63. The van der Waals surface area contributed by atoms with E-state index in [1.54, 1.807) is 11.5 Å². The summed E-state index contributed by atoms with van der Waals surface area (Å²) in [7, 11) is 0. The van der Waals surface area contributed by atoms with Crippen LogP contribution < -0.4 is 10.1 Å². The first-order valence-corrected chi connectivity index (χ1v) is 9.24. The first kappa shape index (κ1) is 18.2. The molecule has 26 heavy (non-hydrogen) atoms. The number of benzene rings is 2. The zero-order valence-electron chi connectivity index (χ0n) is 13.9. The molecule has 0 atom stereocenters. The standard InChI is InChI=1S/C20H17ClN2O2S/c1-2-10-22-19(24)18-13-26-20(23-18)15-6-8-17(9-7-15)25-12-14-4-3-5-16(21)11-14/h2-9,11,13H,1,10,12H2,(H,22,24). The van der Waals surface area contributed by atoms with Crippen molar-refractivity contribution in [3.8, 4) is 16.3 Å². The third-order valence-electron chi connectivity index (χ3n) is 3.54. The molecule has 0 aliphatic heterocycles. The minimum atomic E-state index is -0.200. The van der Waals surface area contributed by atoms with Crippen LogP contribution in [0.2, 0.25) is 5.02 Å². The molecule has 0 spiro atoms. The number of carbonyl (C=O) groups excluding carboxylic acids is 1. The van der Waals surface area contributed by atoms with Gasteiger partial charge in [0.25, 0.3) is 5.91 Å². The van der Waals surface area contributed by atoms with Crippen LogP contribution in [0.4, 0.5) is 0 Å². The van der Waals surface area contributed by atoms with Crippen LogP contribution in [0.1, 0.15) is 16.1 Å². The lowest BCUT2D eigenvalue weighted by molar-refractivity contribution is 0.0954. The molecule has 3 aromatic rings. The fourth-order valence-electron chi connectivity index (χ4n) is 2.25. The van der Waals surface area contributed by atoms with Crippen LogP contribution in [-0.2, 0) is 6.61 Å². The Bertz CT molecular complexity index is 906. The van der Waals surface area contributed by atoms with E-state index < -0.39 is 0 Å². The first-order valence-electron chi connectivity index (χ1n) is 7.98. The summed E-state index contributed by atoms with van der Waals surface area (Å²) in [4.78, 5) is 16.3. The lowest BCUT2D eigenvalue weighted by Gasteiger charge is -2.07. The van der Waals surface area contributed by atoms with Crippen molar-refractivity contribution >= 4 is 28.8 Å². The second kappa shape index (κ2) is 8.65. The van der Waals surface area contributed by atoms with Crippen LogP contribution in [0.3, 0.4) is 0 Å². The van der Waals surface area contributed by atoms with Gasteiger partial charge in [-0.2, -0.15) is 0 Å². The van der Waals surface area contributed by atoms with Gasteiger partial charge in [0.1, 0.15) is 23.1 Å². The van der Waals surface area contributed by atoms with Crippen molar-refractivity contribution in [1.82, 2.24) is 10.3 Å². The summed E-state index contributed by atoms with van der Waals surface area (Å²) in [6, 6.07) is 15.2. The smallest absolute Gasteiger partial charge is 0.271 e. The molecule has 0 fully saturated rings. The number of thiazole rings is 1. The number of nitrogens with zero attached hydrogens (tertiary/aromatic N) is 1. The highest BCUT2D eigenvalue weighted by Crippen LogP contribution is 2.26. The number of nitrogens with one attached hydrogen (secondary N) is 1. The molecule has 0 unspecified atom stereocenters. The highest BCUT2D eigenvalue weighted by molar-refractivity contribution is 7.13. The average molecular weight is 385 g/mol. The molecule has 0 saturated heterocycles. The van der Waals surface area contributed by atoms with E-state index in [4.69, 9.17) is 16.3 Å². The Morgan fingerprint density at radius 2 is 2.08 bits per heavy atom. The molecule has 0 aliphatic rings. The van der Waals surface area contributed by atoms with Gasteiger partial charge in [-0.25, -0.2) is 4.98 Å². The Morgan fingerprint density at radius 3 is 2.81 bits per heavy atom. The number of amides is 1. The Hall–Kier alpha value is -2.63. The number of carbonyl (C=O) groups is 1. The number of hydrogen-bond acceptors (Lipinski definition) is 4. The van der Waals surface area contributed by atoms with Crippen LogP contribution in [0.15, 0.2) is 66.6 Å². The fourth-order valence-corrected chi connectivity index (χ4v) is 3.27. The number of rotatable bonds is 7. The van der Waals surface area contributed by atoms with Gasteiger partial charge in [-0.3, -0.25) is 4.79 Å². The van der Waals surface area contributed by atoms with E-state index >= 15 is 0 Å². The van der Waals surface area contributed by atoms with Crippen molar-refractivity contribution in [3.63, 3.8) is 0 Å². The Kier molecular flexibility index (Phi) is 6.04. The molecule has 1 N–H and O–H groups in total. The minimum Gasteiger partial charge on any atom is -0.489 e. The van der Waals surface area contributed by atoms with Gasteiger partial charge in [0.15, 0.2) is 0 Å². The largest absolute Gasteiger partial charge is 0.489 e. The zero-order valence-corrected chi connectivity index (χ0v) is 15.5. The second-order valence-corrected chi connectivity index (χ2v) is 6.77. The lowest BCUT2D eigenvalue weighted by atomic mass is 10.2. The van der Waals surface area contributed by atoms with Crippen molar-refractivity contribution in [1.29, 1.82) is 0 Å². The summed E-state index contributed by atoms with van der Waals surface area (Å²) >= 11 is 7.40. The zero-order chi connectivity index (χ0) is 18.4. The molecule has 6 heteroatoms. The lowest BCUT2D eigenvalue weighted by Crippen LogP contribution is -2.23. The summed E-state index contributed by atoms with van der Waals surface area (Å²) in [5, 5.41) is 5.94. The van der Waals surface area contributed by atoms with Gasteiger partial charge in [0, 0.05) is 22.5 Å². The molecule has 132 valence electrons. The van der Waals surface area contributed by atoms with Crippen molar-refractivity contribution < 1.29 is 9.53 Å². The van der Waals surface area contributed by atoms with Crippen molar-refractivity contribution in [3.05, 3.63) is 82.8 Å². The normalized spacial score (nSPS) is 10.3. The quantitative estimate of drug-likeness (QED) is 0.586. The molecule has 0 aliphatic carbocycles. The van der Waals surface area contributed by atoms with Gasteiger partial charge in [0.2, 0.25) is 0 Å². The van der Waals surface area contributed by atoms with Crippen LogP contribution in [0, 0.1) is 0 Å². The minimum absolute atomic E-state index is 0.200. The molecule has 3 rings (SSSR count). The third-order valence-corrected chi connectivity index (χ3v) is 4.67.